The van der Waals surface area contributed by atoms with E-state index in [0.717, 1.165) is 18.0 Å². The van der Waals surface area contributed by atoms with Crippen molar-refractivity contribution in [1.82, 2.24) is 10.3 Å². The molecule has 16 heavy (non-hydrogen) atoms. The van der Waals surface area contributed by atoms with E-state index in [1.165, 1.54) is 18.5 Å². The van der Waals surface area contributed by atoms with Crippen molar-refractivity contribution in [3.8, 4) is 0 Å². The quantitative estimate of drug-likeness (QED) is 0.878. The molecule has 0 spiro atoms. The van der Waals surface area contributed by atoms with E-state index in [2.05, 4.69) is 24.5 Å². The molecule has 0 aromatic carbocycles. The Morgan fingerprint density at radius 1 is 1.69 bits per heavy atom. The van der Waals surface area contributed by atoms with Crippen LogP contribution in [0.2, 0.25) is 0 Å². The second-order valence-electron chi connectivity index (χ2n) is 4.51. The molecule has 1 N–H and O–H groups in total. The lowest BCUT2D eigenvalue weighted by atomic mass is 10.0. The molecule has 3 nitrogen and oxygen atoms in total. The average molecular weight is 240 g/mol. The monoisotopic (exact) mass is 240 g/mol. The normalized spacial score (nSPS) is 24.6. The lowest BCUT2D eigenvalue weighted by molar-refractivity contribution is -0.00171. The third kappa shape index (κ3) is 2.14. The van der Waals surface area contributed by atoms with Gasteiger partial charge in [-0.3, -0.25) is 0 Å². The Morgan fingerprint density at radius 2 is 2.50 bits per heavy atom. The summed E-state index contributed by atoms with van der Waals surface area (Å²) in [5.41, 5.74) is 0.968. The third-order valence-electron chi connectivity index (χ3n) is 3.52. The van der Waals surface area contributed by atoms with Crippen molar-refractivity contribution in [2.75, 3.05) is 13.7 Å². The van der Waals surface area contributed by atoms with Gasteiger partial charge in [0.15, 0.2) is 0 Å². The molecule has 2 atom stereocenters. The minimum atomic E-state index is -0.221. The summed E-state index contributed by atoms with van der Waals surface area (Å²) in [6.45, 7) is 5.36. The zero-order chi connectivity index (χ0) is 11.6. The number of nitrogens with one attached hydrogen (secondary N) is 1. The highest BCUT2D eigenvalue weighted by molar-refractivity contribution is 7.09. The van der Waals surface area contributed by atoms with Crippen LogP contribution >= 0.6 is 11.3 Å². The second kappa shape index (κ2) is 4.82. The molecule has 0 aliphatic carbocycles. The van der Waals surface area contributed by atoms with Crippen LogP contribution in [0.5, 0.6) is 0 Å². The van der Waals surface area contributed by atoms with E-state index in [1.807, 2.05) is 0 Å². The third-order valence-corrected chi connectivity index (χ3v) is 4.62. The first-order chi connectivity index (χ1) is 7.69. The van der Waals surface area contributed by atoms with Crippen molar-refractivity contribution in [3.63, 3.8) is 0 Å². The Labute approximate surface area is 101 Å². The minimum absolute atomic E-state index is 0.221. The number of methoxy groups -OCH3 is 1. The van der Waals surface area contributed by atoms with E-state index in [-0.39, 0.29) is 5.60 Å². The first-order valence-electron chi connectivity index (χ1n) is 5.94. The minimum Gasteiger partial charge on any atom is -0.371 e. The summed E-state index contributed by atoms with van der Waals surface area (Å²) in [4.78, 5) is 4.74. The van der Waals surface area contributed by atoms with Crippen molar-refractivity contribution in [1.29, 1.82) is 0 Å². The van der Waals surface area contributed by atoms with Crippen molar-refractivity contribution in [2.45, 2.75) is 44.8 Å². The molecule has 0 saturated carbocycles. The van der Waals surface area contributed by atoms with Crippen LogP contribution in [0.25, 0.3) is 0 Å². The number of hydrogen-bond donors (Lipinski definition) is 1. The number of nitrogens with zero attached hydrogens (tertiary/aromatic N) is 1. The van der Waals surface area contributed by atoms with Gasteiger partial charge < -0.3 is 10.1 Å². The van der Waals surface area contributed by atoms with Crippen LogP contribution in [0.3, 0.4) is 0 Å². The predicted molar refractivity (Wildman–Crippen MR) is 66.7 cm³/mol. The Morgan fingerprint density at radius 3 is 3.06 bits per heavy atom. The molecule has 1 aliphatic heterocycles. The van der Waals surface area contributed by atoms with Gasteiger partial charge in [0.2, 0.25) is 0 Å². The van der Waals surface area contributed by atoms with E-state index in [0.29, 0.717) is 6.04 Å². The molecule has 1 aromatic rings. The Balaban J connectivity index is 2.17. The molecular weight excluding hydrogens is 220 g/mol. The standard InChI is InChI=1S/C12H20N2OS/c1-4-12(2,15-3)11-14-10(8-16-11)9-6-5-7-13-9/h8-9,13H,4-7H2,1-3H3. The molecule has 1 saturated heterocycles. The maximum Gasteiger partial charge on any atom is 0.125 e. The van der Waals surface area contributed by atoms with Crippen molar-refractivity contribution in [2.24, 2.45) is 0 Å². The summed E-state index contributed by atoms with van der Waals surface area (Å²) in [6, 6.07) is 0.461. The average Bonchev–Trinajstić information content (AvgIpc) is 2.97. The first-order valence-corrected chi connectivity index (χ1v) is 6.82. The Hall–Kier alpha value is -0.450. The van der Waals surface area contributed by atoms with Gasteiger partial charge in [-0.25, -0.2) is 4.98 Å². The molecule has 2 heterocycles. The Bertz CT molecular complexity index is 341. The fourth-order valence-electron chi connectivity index (χ4n) is 2.01. The fraction of sp³-hybridized carbons (Fsp3) is 0.750. The summed E-state index contributed by atoms with van der Waals surface area (Å²) in [7, 11) is 1.76. The van der Waals surface area contributed by atoms with Crippen LogP contribution in [0.4, 0.5) is 0 Å². The van der Waals surface area contributed by atoms with Crippen LogP contribution in [0.1, 0.15) is 49.9 Å². The highest BCUT2D eigenvalue weighted by Gasteiger charge is 2.29. The van der Waals surface area contributed by atoms with Gasteiger partial charge in [-0.1, -0.05) is 6.92 Å². The fourth-order valence-corrected chi connectivity index (χ4v) is 3.09. The van der Waals surface area contributed by atoms with Gasteiger partial charge in [0.25, 0.3) is 0 Å². The van der Waals surface area contributed by atoms with E-state index < -0.39 is 0 Å². The maximum atomic E-state index is 5.58. The lowest BCUT2D eigenvalue weighted by Crippen LogP contribution is -2.23. The largest absolute Gasteiger partial charge is 0.371 e. The molecule has 4 heteroatoms. The highest BCUT2D eigenvalue weighted by atomic mass is 32.1. The number of rotatable bonds is 4. The van der Waals surface area contributed by atoms with Gasteiger partial charge in [0.1, 0.15) is 10.6 Å². The first kappa shape index (κ1) is 12.0. The van der Waals surface area contributed by atoms with E-state index in [4.69, 9.17) is 9.72 Å². The van der Waals surface area contributed by atoms with Crippen molar-refractivity contribution in [3.05, 3.63) is 16.1 Å². The van der Waals surface area contributed by atoms with Gasteiger partial charge in [-0.15, -0.1) is 11.3 Å². The van der Waals surface area contributed by atoms with Gasteiger partial charge in [0, 0.05) is 12.5 Å². The van der Waals surface area contributed by atoms with E-state index in [9.17, 15) is 0 Å². The summed E-state index contributed by atoms with van der Waals surface area (Å²) in [5.74, 6) is 0. The molecule has 1 aliphatic rings. The molecule has 0 bridgehead atoms. The topological polar surface area (TPSA) is 34.1 Å². The van der Waals surface area contributed by atoms with Gasteiger partial charge >= 0.3 is 0 Å². The molecular formula is C12H20N2OS. The summed E-state index contributed by atoms with van der Waals surface area (Å²) in [5, 5.41) is 6.75. The molecule has 2 unspecified atom stereocenters. The van der Waals surface area contributed by atoms with E-state index >= 15 is 0 Å². The van der Waals surface area contributed by atoms with E-state index in [1.54, 1.807) is 18.4 Å². The molecule has 1 fully saturated rings. The molecule has 2 rings (SSSR count). The SMILES string of the molecule is CCC(C)(OC)c1nc(C2CCCN2)cs1. The zero-order valence-electron chi connectivity index (χ0n) is 10.2. The molecule has 0 amide bonds. The predicted octanol–water partition coefficient (Wildman–Crippen LogP) is 2.84. The van der Waals surface area contributed by atoms with Crippen LogP contribution < -0.4 is 5.32 Å². The Kier molecular flexibility index (Phi) is 3.62. The van der Waals surface area contributed by atoms with Gasteiger partial charge in [0.05, 0.1) is 11.7 Å². The van der Waals surface area contributed by atoms with Crippen LogP contribution in [-0.4, -0.2) is 18.6 Å². The van der Waals surface area contributed by atoms with Crippen molar-refractivity contribution >= 4 is 11.3 Å². The van der Waals surface area contributed by atoms with Crippen LogP contribution in [0.15, 0.2) is 5.38 Å². The lowest BCUT2D eigenvalue weighted by Gasteiger charge is -2.23. The summed E-state index contributed by atoms with van der Waals surface area (Å²) >= 11 is 1.72. The zero-order valence-corrected chi connectivity index (χ0v) is 11.1. The van der Waals surface area contributed by atoms with Crippen LogP contribution in [-0.2, 0) is 10.3 Å². The highest BCUT2D eigenvalue weighted by Crippen LogP contribution is 2.33. The van der Waals surface area contributed by atoms with Crippen molar-refractivity contribution < 1.29 is 4.74 Å². The summed E-state index contributed by atoms with van der Waals surface area (Å²) in [6.07, 6.45) is 3.42. The second-order valence-corrected chi connectivity index (χ2v) is 5.37. The number of aromatic nitrogens is 1. The molecule has 90 valence electrons. The van der Waals surface area contributed by atoms with Crippen LogP contribution in [0, 0.1) is 0 Å². The van der Waals surface area contributed by atoms with Gasteiger partial charge in [-0.2, -0.15) is 0 Å². The number of thiazole rings is 1. The molecule has 0 radical (unpaired) electrons. The number of ether oxygens (including phenoxy) is 1. The summed E-state index contributed by atoms with van der Waals surface area (Å²) < 4.78 is 5.58. The van der Waals surface area contributed by atoms with Gasteiger partial charge in [-0.05, 0) is 32.7 Å². The smallest absolute Gasteiger partial charge is 0.125 e. The number of hydrogen-bond acceptors (Lipinski definition) is 4. The maximum absolute atomic E-state index is 5.58. The molecule has 1 aromatic heterocycles.